The Morgan fingerprint density at radius 2 is 2.27 bits per heavy atom. The number of terminal acetylenes is 1. The van der Waals surface area contributed by atoms with Gasteiger partial charge in [0, 0.05) is 29.7 Å². The second-order valence-electron chi connectivity index (χ2n) is 6.54. The van der Waals surface area contributed by atoms with Crippen LogP contribution in [0.25, 0.3) is 11.0 Å². The molecule has 2 aromatic heterocycles. The summed E-state index contributed by atoms with van der Waals surface area (Å²) in [5.74, 6) is 1.34. The number of likely N-dealkylation sites (tertiary alicyclic amines) is 1. The maximum atomic E-state index is 12.5. The molecule has 6 nitrogen and oxygen atoms in total. The molecular formula is C20H21N3O3. The molecule has 1 aliphatic rings. The molecule has 134 valence electrons. The number of carboxylic acid groups (broad SMARTS) is 1. The number of aliphatic carboxylic acids is 1. The molecule has 1 N–H and O–H groups in total. The lowest BCUT2D eigenvalue weighted by atomic mass is 9.99. The number of hydrogen-bond acceptors (Lipinski definition) is 4. The number of aryl methyl sites for hydroxylation is 1. The van der Waals surface area contributed by atoms with Crippen LogP contribution in [-0.4, -0.2) is 44.4 Å². The Bertz CT molecular complexity index is 859. The molecule has 0 radical (unpaired) electrons. The second kappa shape index (κ2) is 7.96. The molecule has 2 unspecified atom stereocenters. The summed E-state index contributed by atoms with van der Waals surface area (Å²) in [5, 5.41) is 9.94. The number of hydrogen-bond donors (Lipinski definition) is 1. The van der Waals surface area contributed by atoms with E-state index in [1.54, 1.807) is 6.20 Å². The Balaban J connectivity index is 1.54. The molecule has 0 aliphatic carbocycles. The fourth-order valence-corrected chi connectivity index (χ4v) is 3.43. The van der Waals surface area contributed by atoms with Crippen molar-refractivity contribution in [1.82, 2.24) is 14.9 Å². The summed E-state index contributed by atoms with van der Waals surface area (Å²) < 4.78 is 0. The smallest absolute Gasteiger partial charge is 0.306 e. The molecule has 0 aromatic carbocycles. The number of carboxylic acids is 1. The normalized spacial score (nSPS) is 18.0. The van der Waals surface area contributed by atoms with Gasteiger partial charge in [0.25, 0.3) is 0 Å². The van der Waals surface area contributed by atoms with Crippen LogP contribution >= 0.6 is 0 Å². The minimum atomic E-state index is -0.986. The van der Waals surface area contributed by atoms with E-state index in [0.29, 0.717) is 6.54 Å². The zero-order valence-electron chi connectivity index (χ0n) is 14.5. The van der Waals surface area contributed by atoms with E-state index in [4.69, 9.17) is 11.5 Å². The van der Waals surface area contributed by atoms with Crippen LogP contribution in [0.2, 0.25) is 0 Å². The number of rotatable bonds is 7. The van der Waals surface area contributed by atoms with Gasteiger partial charge in [0.2, 0.25) is 5.91 Å². The average Bonchev–Trinajstić information content (AvgIpc) is 3.00. The van der Waals surface area contributed by atoms with Gasteiger partial charge < -0.3 is 10.0 Å². The molecule has 2 aromatic rings. The van der Waals surface area contributed by atoms with Crippen LogP contribution in [0, 0.1) is 18.3 Å². The first-order valence-electron chi connectivity index (χ1n) is 8.77. The third kappa shape index (κ3) is 3.99. The highest BCUT2D eigenvalue weighted by Gasteiger charge is 2.35. The van der Waals surface area contributed by atoms with Crippen molar-refractivity contribution in [3.05, 3.63) is 36.2 Å². The molecule has 0 saturated carbocycles. The van der Waals surface area contributed by atoms with Crippen molar-refractivity contribution in [2.24, 2.45) is 5.92 Å². The Morgan fingerprint density at radius 1 is 1.42 bits per heavy atom. The number of nitrogens with zero attached hydrogens (tertiary/aromatic N) is 3. The minimum Gasteiger partial charge on any atom is -0.481 e. The predicted octanol–water partition coefficient (Wildman–Crippen LogP) is 2.28. The lowest BCUT2D eigenvalue weighted by Crippen LogP contribution is -2.38. The van der Waals surface area contributed by atoms with Gasteiger partial charge in [0.1, 0.15) is 6.04 Å². The van der Waals surface area contributed by atoms with Gasteiger partial charge in [-0.15, -0.1) is 6.42 Å². The van der Waals surface area contributed by atoms with Crippen molar-refractivity contribution in [2.75, 3.05) is 6.54 Å². The number of fused-ring (bicyclic) bond motifs is 1. The molecule has 6 heteroatoms. The largest absolute Gasteiger partial charge is 0.481 e. The number of carbonyl (C=O) groups is 2. The van der Waals surface area contributed by atoms with Crippen LogP contribution < -0.4 is 0 Å². The number of aromatic nitrogens is 2. The van der Waals surface area contributed by atoms with Crippen molar-refractivity contribution in [2.45, 2.75) is 38.1 Å². The van der Waals surface area contributed by atoms with E-state index in [-0.39, 0.29) is 18.2 Å². The van der Waals surface area contributed by atoms with E-state index in [2.05, 4.69) is 15.9 Å². The lowest BCUT2D eigenvalue weighted by Gasteiger charge is -2.22. The zero-order valence-corrected chi connectivity index (χ0v) is 14.5. The molecule has 0 spiro atoms. The summed E-state index contributed by atoms with van der Waals surface area (Å²) in [7, 11) is 0. The number of carbonyl (C=O) groups excluding carboxylic acids is 1. The van der Waals surface area contributed by atoms with E-state index in [0.717, 1.165) is 42.4 Å². The van der Waals surface area contributed by atoms with Gasteiger partial charge in [0.05, 0.1) is 6.42 Å². The summed E-state index contributed by atoms with van der Waals surface area (Å²) in [5.41, 5.74) is 1.70. The van der Waals surface area contributed by atoms with Crippen LogP contribution in [0.4, 0.5) is 0 Å². The maximum Gasteiger partial charge on any atom is 0.306 e. The van der Waals surface area contributed by atoms with Crippen molar-refractivity contribution in [3.63, 3.8) is 0 Å². The van der Waals surface area contributed by atoms with Gasteiger partial charge >= 0.3 is 5.97 Å². The Morgan fingerprint density at radius 3 is 3.04 bits per heavy atom. The van der Waals surface area contributed by atoms with Crippen LogP contribution in [0.3, 0.4) is 0 Å². The third-order valence-corrected chi connectivity index (χ3v) is 4.79. The lowest BCUT2D eigenvalue weighted by molar-refractivity contribution is -0.139. The predicted molar refractivity (Wildman–Crippen MR) is 97.2 cm³/mol. The number of amides is 1. The van der Waals surface area contributed by atoms with Crippen LogP contribution in [0.15, 0.2) is 30.5 Å². The van der Waals surface area contributed by atoms with Crippen LogP contribution in [0.5, 0.6) is 0 Å². The summed E-state index contributed by atoms with van der Waals surface area (Å²) in [6.07, 6.45) is 10.0. The van der Waals surface area contributed by atoms with Crippen LogP contribution in [0.1, 0.15) is 31.4 Å². The monoisotopic (exact) mass is 351 g/mol. The average molecular weight is 351 g/mol. The zero-order chi connectivity index (χ0) is 18.5. The summed E-state index contributed by atoms with van der Waals surface area (Å²) in [6, 6.07) is 7.21. The van der Waals surface area contributed by atoms with E-state index in [9.17, 15) is 9.59 Å². The summed E-state index contributed by atoms with van der Waals surface area (Å²) in [4.78, 5) is 33.8. The van der Waals surface area contributed by atoms with E-state index < -0.39 is 12.0 Å². The number of pyridine rings is 2. The fourth-order valence-electron chi connectivity index (χ4n) is 3.43. The summed E-state index contributed by atoms with van der Waals surface area (Å²) in [6.45, 7) is 0.532. The Kier molecular flexibility index (Phi) is 5.47. The second-order valence-corrected chi connectivity index (χ2v) is 6.54. The van der Waals surface area contributed by atoms with Gasteiger partial charge in [-0.3, -0.25) is 9.59 Å². The fraction of sp³-hybridized carbons (Fsp3) is 0.400. The Labute approximate surface area is 152 Å². The SMILES string of the molecule is C#CC(CC(=O)O)N1CCC(CCCc2ccc3cccnc3n2)C1=O. The van der Waals surface area contributed by atoms with Crippen molar-refractivity contribution in [1.29, 1.82) is 0 Å². The highest BCUT2D eigenvalue weighted by atomic mass is 16.4. The van der Waals surface area contributed by atoms with E-state index >= 15 is 0 Å². The molecule has 3 rings (SSSR count). The first-order valence-corrected chi connectivity index (χ1v) is 8.77. The van der Waals surface area contributed by atoms with Crippen molar-refractivity contribution >= 4 is 22.9 Å². The summed E-state index contributed by atoms with van der Waals surface area (Å²) >= 11 is 0. The molecule has 1 amide bonds. The van der Waals surface area contributed by atoms with Gasteiger partial charge in [-0.2, -0.15) is 0 Å². The van der Waals surface area contributed by atoms with Crippen molar-refractivity contribution < 1.29 is 14.7 Å². The molecular weight excluding hydrogens is 330 g/mol. The molecule has 0 bridgehead atoms. The van der Waals surface area contributed by atoms with Gasteiger partial charge in [0.15, 0.2) is 5.65 Å². The van der Waals surface area contributed by atoms with E-state index in [1.807, 2.05) is 24.3 Å². The first kappa shape index (κ1) is 17.9. The van der Waals surface area contributed by atoms with Gasteiger partial charge in [-0.1, -0.05) is 5.92 Å². The topological polar surface area (TPSA) is 83.4 Å². The maximum absolute atomic E-state index is 12.5. The molecule has 2 atom stereocenters. The highest BCUT2D eigenvalue weighted by Crippen LogP contribution is 2.26. The van der Waals surface area contributed by atoms with Crippen molar-refractivity contribution in [3.8, 4) is 12.3 Å². The quantitative estimate of drug-likeness (QED) is 0.774. The molecule has 1 aliphatic heterocycles. The molecule has 3 heterocycles. The van der Waals surface area contributed by atoms with Gasteiger partial charge in [-0.05, 0) is 49.9 Å². The van der Waals surface area contributed by atoms with Crippen LogP contribution in [-0.2, 0) is 16.0 Å². The minimum absolute atomic E-state index is 0.0256. The first-order chi connectivity index (χ1) is 12.6. The molecule has 26 heavy (non-hydrogen) atoms. The standard InChI is InChI=1S/C20H21N3O3/c1-2-17(13-18(24)25)23-12-10-15(20(23)26)5-3-7-16-9-8-14-6-4-11-21-19(14)22-16/h1,4,6,8-9,11,15,17H,3,5,7,10,12-13H2,(H,24,25). The highest BCUT2D eigenvalue weighted by molar-refractivity contribution is 5.82. The Hall–Kier alpha value is -2.94. The van der Waals surface area contributed by atoms with Gasteiger partial charge in [-0.25, -0.2) is 9.97 Å². The molecule has 1 saturated heterocycles. The third-order valence-electron chi connectivity index (χ3n) is 4.79. The van der Waals surface area contributed by atoms with E-state index in [1.165, 1.54) is 4.90 Å². The molecule has 1 fully saturated rings.